The average Bonchev–Trinajstić information content (AvgIpc) is 3.48. The molecule has 9 nitrogen and oxygen atoms in total. The maximum atomic E-state index is 13.6. The van der Waals surface area contributed by atoms with E-state index in [4.69, 9.17) is 0 Å². The molecule has 0 spiro atoms. The molecule has 36 heavy (non-hydrogen) atoms. The van der Waals surface area contributed by atoms with Crippen LogP contribution in [0, 0.1) is 12.3 Å². The van der Waals surface area contributed by atoms with Gasteiger partial charge in [0.1, 0.15) is 17.4 Å². The minimum Gasteiger partial charge on any atom is -0.391 e. The van der Waals surface area contributed by atoms with Gasteiger partial charge in [-0.15, -0.1) is 11.3 Å². The maximum absolute atomic E-state index is 13.6. The van der Waals surface area contributed by atoms with Crippen LogP contribution in [0.1, 0.15) is 52.3 Å². The summed E-state index contributed by atoms with van der Waals surface area (Å²) in [7, 11) is 0. The molecule has 10 heteroatoms. The van der Waals surface area contributed by atoms with Crippen LogP contribution in [0.5, 0.6) is 0 Å². The SMILES string of the molecule is CC(=O)NC(C(=O)N1C[C@H](O)C[C@H]1C1=NC(=O)[C@](C)(c2ccc(-c3scnc3C)cc2)N1)C(C)(C)C. The molecule has 2 aliphatic rings. The predicted molar refractivity (Wildman–Crippen MR) is 138 cm³/mol. The lowest BCUT2D eigenvalue weighted by Gasteiger charge is -2.36. The number of amides is 3. The van der Waals surface area contributed by atoms with Crippen molar-refractivity contribution in [3.8, 4) is 10.4 Å². The lowest BCUT2D eigenvalue weighted by atomic mass is 9.85. The number of hydrogen-bond donors (Lipinski definition) is 3. The fraction of sp³-hybridized carbons (Fsp3) is 0.500. The van der Waals surface area contributed by atoms with Crippen molar-refractivity contribution in [3.05, 3.63) is 41.0 Å². The maximum Gasteiger partial charge on any atom is 0.277 e. The first-order valence-corrected chi connectivity index (χ1v) is 12.9. The Hall–Kier alpha value is -3.11. The molecule has 1 aromatic carbocycles. The molecule has 0 radical (unpaired) electrons. The Balaban J connectivity index is 1.58. The van der Waals surface area contributed by atoms with Crippen molar-refractivity contribution in [1.29, 1.82) is 0 Å². The molecule has 2 aromatic rings. The van der Waals surface area contributed by atoms with Crippen LogP contribution < -0.4 is 10.6 Å². The van der Waals surface area contributed by atoms with Crippen molar-refractivity contribution in [2.45, 2.75) is 71.7 Å². The fourth-order valence-corrected chi connectivity index (χ4v) is 5.59. The second kappa shape index (κ2) is 9.40. The van der Waals surface area contributed by atoms with Gasteiger partial charge in [0.25, 0.3) is 5.91 Å². The zero-order valence-electron chi connectivity index (χ0n) is 21.5. The summed E-state index contributed by atoms with van der Waals surface area (Å²) in [6.07, 6.45) is -0.508. The van der Waals surface area contributed by atoms with Crippen LogP contribution >= 0.6 is 11.3 Å². The highest BCUT2D eigenvalue weighted by Gasteiger charge is 2.49. The number of nitrogens with zero attached hydrogens (tertiary/aromatic N) is 3. The Labute approximate surface area is 215 Å². The van der Waals surface area contributed by atoms with Crippen LogP contribution in [0.3, 0.4) is 0 Å². The van der Waals surface area contributed by atoms with Gasteiger partial charge in [-0.05, 0) is 30.4 Å². The molecule has 4 atom stereocenters. The standard InChI is InChI=1S/C26H33N5O4S/c1-14-20(36-13-27-14)16-7-9-17(10-8-16)26(6)24(35)29-22(30-26)19-11-18(33)12-31(19)23(34)21(25(3,4)5)28-15(2)32/h7-10,13,18-19,21,33H,11-12H2,1-6H3,(H,28,32)(H,29,30,35)/t18-,19+,21?,26+/m1/s1. The molecule has 1 saturated heterocycles. The van der Waals surface area contributed by atoms with Gasteiger partial charge in [0.05, 0.1) is 28.2 Å². The Morgan fingerprint density at radius 1 is 1.28 bits per heavy atom. The van der Waals surface area contributed by atoms with Gasteiger partial charge in [-0.3, -0.25) is 14.4 Å². The van der Waals surface area contributed by atoms with Gasteiger partial charge in [-0.25, -0.2) is 4.98 Å². The van der Waals surface area contributed by atoms with E-state index in [2.05, 4.69) is 20.6 Å². The van der Waals surface area contributed by atoms with E-state index in [1.807, 2.05) is 52.0 Å². The van der Waals surface area contributed by atoms with Crippen LogP contribution in [-0.4, -0.2) is 63.3 Å². The molecular weight excluding hydrogens is 478 g/mol. The molecule has 1 unspecified atom stereocenters. The largest absolute Gasteiger partial charge is 0.391 e. The van der Waals surface area contributed by atoms with Crippen molar-refractivity contribution in [2.75, 3.05) is 6.54 Å². The predicted octanol–water partition coefficient (Wildman–Crippen LogP) is 2.37. The molecule has 3 N–H and O–H groups in total. The summed E-state index contributed by atoms with van der Waals surface area (Å²) in [6.45, 7) is 10.8. The number of carbonyl (C=O) groups is 3. The minimum absolute atomic E-state index is 0.101. The number of amidine groups is 1. The van der Waals surface area contributed by atoms with Crippen LogP contribution in [-0.2, 0) is 19.9 Å². The van der Waals surface area contributed by atoms with E-state index < -0.39 is 29.1 Å². The van der Waals surface area contributed by atoms with Crippen LogP contribution in [0.25, 0.3) is 10.4 Å². The van der Waals surface area contributed by atoms with Crippen LogP contribution in [0.15, 0.2) is 34.8 Å². The number of nitrogens with one attached hydrogen (secondary N) is 2. The monoisotopic (exact) mass is 511 g/mol. The van der Waals surface area contributed by atoms with Gasteiger partial charge < -0.3 is 20.6 Å². The molecule has 1 aromatic heterocycles. The second-order valence-corrected chi connectivity index (χ2v) is 11.6. The van der Waals surface area contributed by atoms with Gasteiger partial charge >= 0.3 is 0 Å². The Morgan fingerprint density at radius 3 is 2.50 bits per heavy atom. The molecule has 2 aliphatic heterocycles. The number of aromatic nitrogens is 1. The number of carbonyl (C=O) groups excluding carboxylic acids is 3. The molecule has 0 bridgehead atoms. The highest BCUT2D eigenvalue weighted by atomic mass is 32.1. The van der Waals surface area contributed by atoms with E-state index in [9.17, 15) is 19.5 Å². The van der Waals surface area contributed by atoms with E-state index in [1.54, 1.807) is 23.8 Å². The third-order valence-electron chi connectivity index (χ3n) is 6.84. The van der Waals surface area contributed by atoms with Gasteiger partial charge in [0.15, 0.2) is 0 Å². The first-order valence-electron chi connectivity index (χ1n) is 12.0. The number of β-amino-alcohol motifs (C(OH)–C–C–N with tert-alkyl or cyclic N) is 1. The molecule has 192 valence electrons. The minimum atomic E-state index is -1.10. The Bertz CT molecular complexity index is 1220. The van der Waals surface area contributed by atoms with Crippen LogP contribution in [0.4, 0.5) is 0 Å². The topological polar surface area (TPSA) is 124 Å². The van der Waals surface area contributed by atoms with E-state index >= 15 is 0 Å². The van der Waals surface area contributed by atoms with E-state index in [1.165, 1.54) is 11.8 Å². The lowest BCUT2D eigenvalue weighted by molar-refractivity contribution is -0.139. The third kappa shape index (κ3) is 4.79. The van der Waals surface area contributed by atoms with E-state index in [0.29, 0.717) is 5.84 Å². The van der Waals surface area contributed by atoms with Crippen molar-refractivity contribution in [2.24, 2.45) is 10.4 Å². The number of likely N-dealkylation sites (tertiary alicyclic amines) is 1. The highest BCUT2D eigenvalue weighted by Crippen LogP contribution is 2.34. The Kier molecular flexibility index (Phi) is 6.78. The smallest absolute Gasteiger partial charge is 0.277 e. The number of aliphatic imine (C=N–C) groups is 1. The summed E-state index contributed by atoms with van der Waals surface area (Å²) in [5.41, 5.74) is 2.89. The van der Waals surface area contributed by atoms with E-state index in [0.717, 1.165) is 21.7 Å². The van der Waals surface area contributed by atoms with Crippen molar-refractivity contribution in [1.82, 2.24) is 20.5 Å². The summed E-state index contributed by atoms with van der Waals surface area (Å²) in [6, 6.07) is 6.34. The molecule has 4 rings (SSSR count). The molecule has 1 fully saturated rings. The van der Waals surface area contributed by atoms with Gasteiger partial charge in [-0.2, -0.15) is 4.99 Å². The molecule has 0 saturated carbocycles. The first kappa shape index (κ1) is 26.0. The number of rotatable bonds is 5. The first-order chi connectivity index (χ1) is 16.8. The summed E-state index contributed by atoms with van der Waals surface area (Å²) in [5, 5.41) is 16.5. The highest BCUT2D eigenvalue weighted by molar-refractivity contribution is 7.13. The number of aryl methyl sites for hydroxylation is 1. The quantitative estimate of drug-likeness (QED) is 0.566. The van der Waals surface area contributed by atoms with Gasteiger partial charge in [0.2, 0.25) is 11.8 Å². The number of hydrogen-bond acceptors (Lipinski definition) is 7. The Morgan fingerprint density at radius 2 is 1.94 bits per heavy atom. The summed E-state index contributed by atoms with van der Waals surface area (Å²) in [5.74, 6) is -0.628. The van der Waals surface area contributed by atoms with Crippen LogP contribution in [0.2, 0.25) is 0 Å². The van der Waals surface area contributed by atoms with Crippen molar-refractivity contribution < 1.29 is 19.5 Å². The second-order valence-electron chi connectivity index (χ2n) is 10.8. The zero-order valence-corrected chi connectivity index (χ0v) is 22.3. The van der Waals surface area contributed by atoms with Crippen molar-refractivity contribution >= 4 is 34.9 Å². The van der Waals surface area contributed by atoms with E-state index in [-0.39, 0.29) is 30.7 Å². The zero-order chi connectivity index (χ0) is 26.4. The molecular formula is C26H33N5O4S. The number of thiazole rings is 1. The van der Waals surface area contributed by atoms with Gasteiger partial charge in [-0.1, -0.05) is 45.0 Å². The molecule has 3 heterocycles. The average molecular weight is 512 g/mol. The third-order valence-corrected chi connectivity index (χ3v) is 7.81. The fourth-order valence-electron chi connectivity index (χ4n) is 4.78. The molecule has 3 amide bonds. The summed E-state index contributed by atoms with van der Waals surface area (Å²) >= 11 is 1.56. The summed E-state index contributed by atoms with van der Waals surface area (Å²) < 4.78 is 0. The lowest BCUT2D eigenvalue weighted by Crippen LogP contribution is -2.58. The van der Waals surface area contributed by atoms with Gasteiger partial charge in [0, 0.05) is 19.9 Å². The summed E-state index contributed by atoms with van der Waals surface area (Å²) in [4.78, 5) is 49.7. The number of aliphatic hydroxyl groups excluding tert-OH is 1. The number of aliphatic hydroxyl groups is 1. The molecule has 0 aliphatic carbocycles. The number of benzene rings is 1. The normalized spacial score (nSPS) is 24.9. The van der Waals surface area contributed by atoms with Crippen molar-refractivity contribution in [3.63, 3.8) is 0 Å².